The zero-order chi connectivity index (χ0) is 22.4. The van der Waals surface area contributed by atoms with Gasteiger partial charge in [0, 0.05) is 25.4 Å². The SMILES string of the molecule is CCOCc1nc2cnc3cccnc3c2n1CCCC(C)NC(=O)N(OC)C(C)C. The molecule has 0 radical (unpaired) electrons. The number of amides is 2. The third-order valence-corrected chi connectivity index (χ3v) is 5.10. The van der Waals surface area contributed by atoms with E-state index in [0.29, 0.717) is 13.2 Å². The number of nitrogens with zero attached hydrogens (tertiary/aromatic N) is 5. The molecular weight excluding hydrogens is 396 g/mol. The summed E-state index contributed by atoms with van der Waals surface area (Å²) in [5, 5.41) is 4.34. The maximum atomic E-state index is 12.4. The van der Waals surface area contributed by atoms with Crippen LogP contribution in [0.2, 0.25) is 0 Å². The molecule has 0 aliphatic rings. The summed E-state index contributed by atoms with van der Waals surface area (Å²) in [6.45, 7) is 9.58. The zero-order valence-corrected chi connectivity index (χ0v) is 19.0. The molecular formula is C22H32N6O3. The monoisotopic (exact) mass is 428 g/mol. The maximum absolute atomic E-state index is 12.4. The maximum Gasteiger partial charge on any atom is 0.341 e. The molecule has 9 nitrogen and oxygen atoms in total. The van der Waals surface area contributed by atoms with Gasteiger partial charge in [0.25, 0.3) is 0 Å². The van der Waals surface area contributed by atoms with Crippen molar-refractivity contribution in [3.8, 4) is 0 Å². The fourth-order valence-corrected chi connectivity index (χ4v) is 3.65. The minimum absolute atomic E-state index is 0.00515. The molecule has 3 rings (SSSR count). The van der Waals surface area contributed by atoms with Crippen LogP contribution in [0.5, 0.6) is 0 Å². The van der Waals surface area contributed by atoms with Crippen LogP contribution in [0, 0.1) is 0 Å². The van der Waals surface area contributed by atoms with Gasteiger partial charge >= 0.3 is 6.03 Å². The molecule has 1 atom stereocenters. The van der Waals surface area contributed by atoms with Crippen molar-refractivity contribution in [2.45, 2.75) is 65.8 Å². The predicted molar refractivity (Wildman–Crippen MR) is 119 cm³/mol. The van der Waals surface area contributed by atoms with Crippen molar-refractivity contribution in [2.75, 3.05) is 13.7 Å². The van der Waals surface area contributed by atoms with Crippen molar-refractivity contribution in [3.63, 3.8) is 0 Å². The molecule has 0 bridgehead atoms. The summed E-state index contributed by atoms with van der Waals surface area (Å²) >= 11 is 0. The average Bonchev–Trinajstić information content (AvgIpc) is 3.10. The summed E-state index contributed by atoms with van der Waals surface area (Å²) in [5.41, 5.74) is 3.47. The summed E-state index contributed by atoms with van der Waals surface area (Å²) in [4.78, 5) is 31.3. The first kappa shape index (κ1) is 22.9. The van der Waals surface area contributed by atoms with Crippen molar-refractivity contribution in [1.82, 2.24) is 29.9 Å². The number of carbonyl (C=O) groups excluding carboxylic acids is 1. The third-order valence-electron chi connectivity index (χ3n) is 5.10. The number of fused-ring (bicyclic) bond motifs is 3. The van der Waals surface area contributed by atoms with E-state index < -0.39 is 0 Å². The molecule has 0 saturated carbocycles. The van der Waals surface area contributed by atoms with Crippen molar-refractivity contribution < 1.29 is 14.4 Å². The number of hydrogen-bond acceptors (Lipinski definition) is 6. The van der Waals surface area contributed by atoms with Crippen molar-refractivity contribution in [1.29, 1.82) is 0 Å². The Balaban J connectivity index is 1.75. The first-order chi connectivity index (χ1) is 15.0. The van der Waals surface area contributed by atoms with Crippen LogP contribution in [-0.2, 0) is 22.7 Å². The normalized spacial score (nSPS) is 12.6. The summed E-state index contributed by atoms with van der Waals surface area (Å²) in [5.74, 6) is 0.860. The Morgan fingerprint density at radius 2 is 2.06 bits per heavy atom. The van der Waals surface area contributed by atoms with E-state index in [9.17, 15) is 4.79 Å². The number of rotatable bonds is 10. The molecule has 3 heterocycles. The highest BCUT2D eigenvalue weighted by atomic mass is 16.7. The Kier molecular flexibility index (Phi) is 7.75. The molecule has 0 aliphatic carbocycles. The standard InChI is InChI=1S/C22H32N6O3/c1-6-31-14-19-26-18-13-24-17-10-7-11-23-20(17)21(18)27(19)12-8-9-16(4)25-22(29)28(30-5)15(2)3/h7,10-11,13,15-16H,6,8-9,12,14H2,1-5H3,(H,25,29). The van der Waals surface area contributed by atoms with Crippen molar-refractivity contribution in [3.05, 3.63) is 30.4 Å². The van der Waals surface area contributed by atoms with Crippen LogP contribution < -0.4 is 5.32 Å². The van der Waals surface area contributed by atoms with Gasteiger partial charge in [-0.15, -0.1) is 0 Å². The number of urea groups is 1. The highest BCUT2D eigenvalue weighted by Crippen LogP contribution is 2.24. The van der Waals surface area contributed by atoms with E-state index in [2.05, 4.69) is 19.9 Å². The second-order valence-corrected chi connectivity index (χ2v) is 7.77. The van der Waals surface area contributed by atoms with E-state index >= 15 is 0 Å². The highest BCUT2D eigenvalue weighted by Gasteiger charge is 2.19. The lowest BCUT2D eigenvalue weighted by atomic mass is 10.2. The minimum atomic E-state index is -0.226. The molecule has 1 unspecified atom stereocenters. The number of carbonyl (C=O) groups is 1. The molecule has 3 aromatic rings. The number of hydroxylamine groups is 2. The second-order valence-electron chi connectivity index (χ2n) is 7.77. The van der Waals surface area contributed by atoms with Crippen LogP contribution in [-0.4, -0.2) is 56.4 Å². The molecule has 3 aromatic heterocycles. The summed E-state index contributed by atoms with van der Waals surface area (Å²) in [6.07, 6.45) is 5.24. The number of hydrogen-bond donors (Lipinski definition) is 1. The topological polar surface area (TPSA) is 94.4 Å². The lowest BCUT2D eigenvalue weighted by molar-refractivity contribution is -0.108. The van der Waals surface area contributed by atoms with Crippen LogP contribution in [0.25, 0.3) is 22.1 Å². The van der Waals surface area contributed by atoms with Crippen LogP contribution >= 0.6 is 0 Å². The Morgan fingerprint density at radius 3 is 2.77 bits per heavy atom. The number of pyridine rings is 2. The quantitative estimate of drug-likeness (QED) is 0.495. The van der Waals surface area contributed by atoms with Gasteiger partial charge < -0.3 is 14.6 Å². The number of ether oxygens (including phenoxy) is 1. The van der Waals surface area contributed by atoms with Gasteiger partial charge in [0.05, 0.1) is 30.4 Å². The smallest absolute Gasteiger partial charge is 0.341 e. The van der Waals surface area contributed by atoms with Gasteiger partial charge in [0.15, 0.2) is 0 Å². The molecule has 1 N–H and O–H groups in total. The van der Waals surface area contributed by atoms with E-state index in [1.54, 1.807) is 12.4 Å². The highest BCUT2D eigenvalue weighted by molar-refractivity contribution is 5.99. The second kappa shape index (κ2) is 10.5. The van der Waals surface area contributed by atoms with Gasteiger partial charge in [0.1, 0.15) is 23.5 Å². The molecule has 0 aromatic carbocycles. The van der Waals surface area contributed by atoms with Crippen molar-refractivity contribution in [2.24, 2.45) is 0 Å². The molecule has 9 heteroatoms. The molecule has 0 fully saturated rings. The number of aryl methyl sites for hydroxylation is 1. The van der Waals surface area contributed by atoms with Crippen molar-refractivity contribution >= 4 is 28.1 Å². The molecule has 2 amide bonds. The molecule has 0 aliphatic heterocycles. The Labute approximate surface area is 182 Å². The largest absolute Gasteiger partial charge is 0.374 e. The van der Waals surface area contributed by atoms with Gasteiger partial charge in [-0.2, -0.15) is 0 Å². The predicted octanol–water partition coefficient (Wildman–Crippen LogP) is 3.67. The number of nitrogens with one attached hydrogen (secondary N) is 1. The van der Waals surface area contributed by atoms with Gasteiger partial charge in [-0.05, 0) is 52.7 Å². The van der Waals surface area contributed by atoms with Crippen LogP contribution in [0.4, 0.5) is 4.79 Å². The molecule has 0 saturated heterocycles. The first-order valence-electron chi connectivity index (χ1n) is 10.8. The molecule has 31 heavy (non-hydrogen) atoms. The Bertz CT molecular complexity index is 1020. The third kappa shape index (κ3) is 5.29. The van der Waals surface area contributed by atoms with E-state index in [0.717, 1.165) is 47.3 Å². The number of aromatic nitrogens is 4. The van der Waals surface area contributed by atoms with E-state index in [-0.39, 0.29) is 18.1 Å². The van der Waals surface area contributed by atoms with E-state index in [1.165, 1.54) is 12.2 Å². The summed E-state index contributed by atoms with van der Waals surface area (Å²) in [6, 6.07) is 3.58. The van der Waals surface area contributed by atoms with Gasteiger partial charge in [-0.3, -0.25) is 14.8 Å². The van der Waals surface area contributed by atoms with Crippen LogP contribution in [0.3, 0.4) is 0 Å². The van der Waals surface area contributed by atoms with E-state index in [4.69, 9.17) is 14.6 Å². The lowest BCUT2D eigenvalue weighted by Crippen LogP contribution is -2.46. The Morgan fingerprint density at radius 1 is 1.26 bits per heavy atom. The van der Waals surface area contributed by atoms with Crippen LogP contribution in [0.1, 0.15) is 46.4 Å². The fourth-order valence-electron chi connectivity index (χ4n) is 3.65. The lowest BCUT2D eigenvalue weighted by Gasteiger charge is -2.26. The number of imidazole rings is 1. The zero-order valence-electron chi connectivity index (χ0n) is 19.0. The van der Waals surface area contributed by atoms with E-state index in [1.807, 2.05) is 39.8 Å². The summed E-state index contributed by atoms with van der Waals surface area (Å²) < 4.78 is 7.82. The fraction of sp³-hybridized carbons (Fsp3) is 0.545. The first-order valence-corrected chi connectivity index (χ1v) is 10.8. The Hall–Kier alpha value is -2.78. The minimum Gasteiger partial charge on any atom is -0.374 e. The van der Waals surface area contributed by atoms with Gasteiger partial charge in [-0.25, -0.2) is 14.8 Å². The van der Waals surface area contributed by atoms with Gasteiger partial charge in [0.2, 0.25) is 0 Å². The molecule has 0 spiro atoms. The summed E-state index contributed by atoms with van der Waals surface area (Å²) in [7, 11) is 1.50. The molecule has 168 valence electrons. The average molecular weight is 429 g/mol. The van der Waals surface area contributed by atoms with Gasteiger partial charge in [-0.1, -0.05) is 0 Å². The van der Waals surface area contributed by atoms with Crippen LogP contribution in [0.15, 0.2) is 24.5 Å².